The van der Waals surface area contributed by atoms with Crippen LogP contribution in [-0.2, 0) is 6.54 Å². The van der Waals surface area contributed by atoms with Crippen LogP contribution in [0.25, 0.3) is 0 Å². The van der Waals surface area contributed by atoms with Gasteiger partial charge in [0.15, 0.2) is 0 Å². The standard InChI is InChI=1S/C18H28N2/c1-14(2)11-17-13-20(10-9-15-7-8-15)18-6-4-3-5-16(18)12-19-17/h3-6,14-15,17,19H,7-13H2,1-2H3. The summed E-state index contributed by atoms with van der Waals surface area (Å²) >= 11 is 0. The zero-order chi connectivity index (χ0) is 13.9. The van der Waals surface area contributed by atoms with E-state index in [4.69, 9.17) is 0 Å². The number of nitrogens with zero attached hydrogens (tertiary/aromatic N) is 1. The van der Waals surface area contributed by atoms with E-state index in [2.05, 4.69) is 48.3 Å². The molecular formula is C18H28N2. The quantitative estimate of drug-likeness (QED) is 0.877. The number of anilines is 1. The molecule has 1 aromatic rings. The number of hydrogen-bond acceptors (Lipinski definition) is 2. The summed E-state index contributed by atoms with van der Waals surface area (Å²) in [4.78, 5) is 2.64. The second-order valence-electron chi connectivity index (χ2n) is 7.01. The SMILES string of the molecule is CC(C)CC1CN(CCC2CC2)c2ccccc2CN1. The Morgan fingerprint density at radius 3 is 2.80 bits per heavy atom. The Hall–Kier alpha value is -1.02. The van der Waals surface area contributed by atoms with Gasteiger partial charge in [0, 0.05) is 31.4 Å². The van der Waals surface area contributed by atoms with Crippen molar-refractivity contribution in [2.75, 3.05) is 18.0 Å². The smallest absolute Gasteiger partial charge is 0.0412 e. The minimum atomic E-state index is 0.626. The number of benzene rings is 1. The van der Waals surface area contributed by atoms with Gasteiger partial charge in [-0.05, 0) is 36.3 Å². The lowest BCUT2D eigenvalue weighted by atomic mass is 10.0. The molecule has 2 nitrogen and oxygen atoms in total. The molecule has 2 aliphatic rings. The van der Waals surface area contributed by atoms with Crippen LogP contribution in [0.5, 0.6) is 0 Å². The third-order valence-electron chi connectivity index (χ3n) is 4.61. The number of rotatable bonds is 5. The third-order valence-corrected chi connectivity index (χ3v) is 4.61. The van der Waals surface area contributed by atoms with E-state index in [0.29, 0.717) is 6.04 Å². The Balaban J connectivity index is 1.73. The van der Waals surface area contributed by atoms with Crippen LogP contribution in [0.2, 0.25) is 0 Å². The summed E-state index contributed by atoms with van der Waals surface area (Å²) in [6.07, 6.45) is 5.57. The molecule has 1 fully saturated rings. The highest BCUT2D eigenvalue weighted by Gasteiger charge is 2.25. The molecule has 1 aromatic carbocycles. The van der Waals surface area contributed by atoms with Crippen LogP contribution >= 0.6 is 0 Å². The van der Waals surface area contributed by atoms with Gasteiger partial charge < -0.3 is 10.2 Å². The van der Waals surface area contributed by atoms with Gasteiger partial charge in [0.1, 0.15) is 0 Å². The molecule has 1 N–H and O–H groups in total. The molecule has 0 spiro atoms. The Bertz CT molecular complexity index is 437. The Kier molecular flexibility index (Phi) is 4.30. The van der Waals surface area contributed by atoms with E-state index in [0.717, 1.165) is 18.4 Å². The molecule has 1 aliphatic heterocycles. The van der Waals surface area contributed by atoms with Gasteiger partial charge in [-0.25, -0.2) is 0 Å². The molecule has 0 amide bonds. The lowest BCUT2D eigenvalue weighted by molar-refractivity contribution is 0.420. The minimum absolute atomic E-state index is 0.626. The fourth-order valence-corrected chi connectivity index (χ4v) is 3.34. The average molecular weight is 272 g/mol. The van der Waals surface area contributed by atoms with E-state index < -0.39 is 0 Å². The summed E-state index contributed by atoms with van der Waals surface area (Å²) in [7, 11) is 0. The zero-order valence-electron chi connectivity index (χ0n) is 12.9. The topological polar surface area (TPSA) is 15.3 Å². The summed E-state index contributed by atoms with van der Waals surface area (Å²) in [5, 5.41) is 3.76. The van der Waals surface area contributed by atoms with E-state index in [-0.39, 0.29) is 0 Å². The van der Waals surface area contributed by atoms with Crippen LogP contribution in [0.1, 0.15) is 45.1 Å². The zero-order valence-corrected chi connectivity index (χ0v) is 12.9. The molecular weight excluding hydrogens is 244 g/mol. The van der Waals surface area contributed by atoms with Crippen LogP contribution in [0, 0.1) is 11.8 Å². The molecule has 1 saturated carbocycles. The van der Waals surface area contributed by atoms with Gasteiger partial charge >= 0.3 is 0 Å². The maximum atomic E-state index is 3.76. The van der Waals surface area contributed by atoms with Gasteiger partial charge in [-0.1, -0.05) is 44.9 Å². The van der Waals surface area contributed by atoms with E-state index in [1.165, 1.54) is 50.0 Å². The molecule has 20 heavy (non-hydrogen) atoms. The molecule has 1 heterocycles. The van der Waals surface area contributed by atoms with Crippen molar-refractivity contribution in [3.05, 3.63) is 29.8 Å². The maximum Gasteiger partial charge on any atom is 0.0412 e. The van der Waals surface area contributed by atoms with Crippen LogP contribution in [0.15, 0.2) is 24.3 Å². The van der Waals surface area contributed by atoms with Crippen molar-refractivity contribution in [1.82, 2.24) is 5.32 Å². The summed E-state index contributed by atoms with van der Waals surface area (Å²) in [6.45, 7) is 8.08. The number of fused-ring (bicyclic) bond motifs is 1. The summed E-state index contributed by atoms with van der Waals surface area (Å²) in [5.41, 5.74) is 2.93. The Labute approximate surface area is 123 Å². The highest BCUT2D eigenvalue weighted by Crippen LogP contribution is 2.34. The average Bonchev–Trinajstić information content (AvgIpc) is 3.24. The first-order valence-electron chi connectivity index (χ1n) is 8.28. The van der Waals surface area contributed by atoms with Gasteiger partial charge in [-0.15, -0.1) is 0 Å². The van der Waals surface area contributed by atoms with Crippen molar-refractivity contribution >= 4 is 5.69 Å². The molecule has 0 saturated heterocycles. The Morgan fingerprint density at radius 1 is 1.25 bits per heavy atom. The summed E-state index contributed by atoms with van der Waals surface area (Å²) < 4.78 is 0. The molecule has 0 radical (unpaired) electrons. The molecule has 1 unspecified atom stereocenters. The maximum absolute atomic E-state index is 3.76. The molecule has 2 heteroatoms. The Morgan fingerprint density at radius 2 is 2.05 bits per heavy atom. The molecule has 0 bridgehead atoms. The third kappa shape index (κ3) is 3.54. The first-order valence-corrected chi connectivity index (χ1v) is 8.28. The van der Waals surface area contributed by atoms with E-state index in [9.17, 15) is 0 Å². The normalized spacial score (nSPS) is 22.8. The monoisotopic (exact) mass is 272 g/mol. The number of hydrogen-bond donors (Lipinski definition) is 1. The first-order chi connectivity index (χ1) is 9.72. The van der Waals surface area contributed by atoms with Crippen LogP contribution in [-0.4, -0.2) is 19.1 Å². The number of nitrogens with one attached hydrogen (secondary N) is 1. The van der Waals surface area contributed by atoms with Gasteiger partial charge in [-0.2, -0.15) is 0 Å². The molecule has 1 atom stereocenters. The van der Waals surface area contributed by atoms with Crippen molar-refractivity contribution in [2.24, 2.45) is 11.8 Å². The van der Waals surface area contributed by atoms with Crippen molar-refractivity contribution in [1.29, 1.82) is 0 Å². The largest absolute Gasteiger partial charge is 0.370 e. The number of para-hydroxylation sites is 1. The first kappa shape index (κ1) is 13.9. The van der Waals surface area contributed by atoms with Crippen molar-refractivity contribution in [3.8, 4) is 0 Å². The molecule has 110 valence electrons. The molecule has 0 aromatic heterocycles. The van der Waals surface area contributed by atoms with Crippen molar-refractivity contribution < 1.29 is 0 Å². The second-order valence-corrected chi connectivity index (χ2v) is 7.01. The fourth-order valence-electron chi connectivity index (χ4n) is 3.34. The van der Waals surface area contributed by atoms with Gasteiger partial charge in [0.2, 0.25) is 0 Å². The summed E-state index contributed by atoms with van der Waals surface area (Å²) in [6, 6.07) is 9.57. The van der Waals surface area contributed by atoms with Crippen LogP contribution in [0.4, 0.5) is 5.69 Å². The van der Waals surface area contributed by atoms with Crippen LogP contribution < -0.4 is 10.2 Å². The highest BCUT2D eigenvalue weighted by molar-refractivity contribution is 5.54. The van der Waals surface area contributed by atoms with Gasteiger partial charge in [0.25, 0.3) is 0 Å². The van der Waals surface area contributed by atoms with Crippen molar-refractivity contribution in [3.63, 3.8) is 0 Å². The molecule has 3 rings (SSSR count). The lowest BCUT2D eigenvalue weighted by Gasteiger charge is -2.28. The lowest BCUT2D eigenvalue weighted by Crippen LogP contribution is -2.39. The minimum Gasteiger partial charge on any atom is -0.370 e. The van der Waals surface area contributed by atoms with E-state index >= 15 is 0 Å². The fraction of sp³-hybridized carbons (Fsp3) is 0.667. The predicted octanol–water partition coefficient (Wildman–Crippen LogP) is 3.81. The van der Waals surface area contributed by atoms with Gasteiger partial charge in [0.05, 0.1) is 0 Å². The van der Waals surface area contributed by atoms with Crippen LogP contribution in [0.3, 0.4) is 0 Å². The predicted molar refractivity (Wildman–Crippen MR) is 86.1 cm³/mol. The second kappa shape index (κ2) is 6.17. The highest BCUT2D eigenvalue weighted by atomic mass is 15.2. The summed E-state index contributed by atoms with van der Waals surface area (Å²) in [5.74, 6) is 1.78. The van der Waals surface area contributed by atoms with E-state index in [1.807, 2.05) is 0 Å². The van der Waals surface area contributed by atoms with Crippen molar-refractivity contribution in [2.45, 2.75) is 52.1 Å². The molecule has 1 aliphatic carbocycles. The van der Waals surface area contributed by atoms with Gasteiger partial charge in [-0.3, -0.25) is 0 Å². The van der Waals surface area contributed by atoms with E-state index in [1.54, 1.807) is 0 Å².